The quantitative estimate of drug-likeness (QED) is 0.863. The number of methoxy groups -OCH3 is 2. The Hall–Kier alpha value is -1.68. The van der Waals surface area contributed by atoms with Gasteiger partial charge in [-0.15, -0.1) is 0 Å². The second-order valence-electron chi connectivity index (χ2n) is 4.49. The van der Waals surface area contributed by atoms with Crippen molar-refractivity contribution < 1.29 is 9.47 Å². The van der Waals surface area contributed by atoms with Crippen LogP contribution in [0.25, 0.3) is 0 Å². The van der Waals surface area contributed by atoms with Crippen molar-refractivity contribution in [3.05, 3.63) is 52.5 Å². The molecule has 20 heavy (non-hydrogen) atoms. The van der Waals surface area contributed by atoms with Crippen molar-refractivity contribution in [2.75, 3.05) is 19.5 Å². The third kappa shape index (κ3) is 3.45. The number of nitrogens with one attached hydrogen (secondary N) is 1. The number of rotatable bonds is 5. The van der Waals surface area contributed by atoms with E-state index in [1.54, 1.807) is 14.2 Å². The summed E-state index contributed by atoms with van der Waals surface area (Å²) in [6.45, 7) is 2.12. The van der Waals surface area contributed by atoms with E-state index in [1.807, 2.05) is 30.3 Å². The molecule has 2 rings (SSSR count). The Balaban J connectivity index is 2.10. The van der Waals surface area contributed by atoms with Crippen LogP contribution in [-0.2, 0) is 0 Å². The summed E-state index contributed by atoms with van der Waals surface area (Å²) in [6.07, 6.45) is 0. The molecule has 0 amide bonds. The molecule has 0 aliphatic rings. The van der Waals surface area contributed by atoms with Crippen LogP contribution in [0.1, 0.15) is 18.5 Å². The zero-order valence-electron chi connectivity index (χ0n) is 11.8. The van der Waals surface area contributed by atoms with E-state index >= 15 is 0 Å². The molecule has 1 unspecified atom stereocenters. The topological polar surface area (TPSA) is 30.5 Å². The van der Waals surface area contributed by atoms with Crippen LogP contribution in [0.2, 0.25) is 0 Å². The fourth-order valence-corrected chi connectivity index (χ4v) is 2.53. The maximum atomic E-state index is 5.24. The van der Waals surface area contributed by atoms with Crippen molar-refractivity contribution >= 4 is 21.6 Å². The summed E-state index contributed by atoms with van der Waals surface area (Å²) in [7, 11) is 3.33. The SMILES string of the molecule is COc1ccc(NC(C)c2ccc(OC)c(Br)c2)cc1. The van der Waals surface area contributed by atoms with Gasteiger partial charge in [0.1, 0.15) is 11.5 Å². The van der Waals surface area contributed by atoms with Gasteiger partial charge in [-0.05, 0) is 64.8 Å². The molecule has 0 radical (unpaired) electrons. The van der Waals surface area contributed by atoms with Crippen molar-refractivity contribution in [2.45, 2.75) is 13.0 Å². The van der Waals surface area contributed by atoms with Crippen molar-refractivity contribution in [1.82, 2.24) is 0 Å². The highest BCUT2D eigenvalue weighted by molar-refractivity contribution is 9.10. The highest BCUT2D eigenvalue weighted by Crippen LogP contribution is 2.29. The summed E-state index contributed by atoms with van der Waals surface area (Å²) in [5.41, 5.74) is 2.25. The fourth-order valence-electron chi connectivity index (χ4n) is 1.97. The number of hydrogen-bond acceptors (Lipinski definition) is 3. The largest absolute Gasteiger partial charge is 0.497 e. The molecule has 0 saturated carbocycles. The lowest BCUT2D eigenvalue weighted by molar-refractivity contribution is 0.412. The molecule has 0 aliphatic heterocycles. The van der Waals surface area contributed by atoms with Crippen molar-refractivity contribution in [1.29, 1.82) is 0 Å². The van der Waals surface area contributed by atoms with Crippen molar-refractivity contribution in [3.8, 4) is 11.5 Å². The van der Waals surface area contributed by atoms with E-state index in [2.05, 4.69) is 40.3 Å². The molecule has 0 fully saturated rings. The van der Waals surface area contributed by atoms with E-state index in [-0.39, 0.29) is 6.04 Å². The normalized spacial score (nSPS) is 11.8. The van der Waals surface area contributed by atoms with Crippen LogP contribution in [0, 0.1) is 0 Å². The Kier molecular flexibility index (Phi) is 4.90. The summed E-state index contributed by atoms with van der Waals surface area (Å²) in [6, 6.07) is 14.2. The summed E-state index contributed by atoms with van der Waals surface area (Å²) < 4.78 is 11.4. The zero-order valence-corrected chi connectivity index (χ0v) is 13.4. The Morgan fingerprint density at radius 2 is 1.70 bits per heavy atom. The van der Waals surface area contributed by atoms with E-state index in [0.29, 0.717) is 0 Å². The molecule has 0 bridgehead atoms. The third-order valence-corrected chi connectivity index (χ3v) is 3.77. The molecule has 0 spiro atoms. The monoisotopic (exact) mass is 335 g/mol. The zero-order chi connectivity index (χ0) is 14.5. The summed E-state index contributed by atoms with van der Waals surface area (Å²) in [5.74, 6) is 1.70. The standard InChI is InChI=1S/C16H18BrNO2/c1-11(12-4-9-16(20-3)15(17)10-12)18-13-5-7-14(19-2)8-6-13/h4-11,18H,1-3H3. The highest BCUT2D eigenvalue weighted by atomic mass is 79.9. The minimum absolute atomic E-state index is 0.200. The van der Waals surface area contributed by atoms with Crippen LogP contribution >= 0.6 is 15.9 Å². The first-order chi connectivity index (χ1) is 9.63. The van der Waals surface area contributed by atoms with Gasteiger partial charge in [-0.25, -0.2) is 0 Å². The third-order valence-electron chi connectivity index (χ3n) is 3.15. The highest BCUT2D eigenvalue weighted by Gasteiger charge is 2.08. The summed E-state index contributed by atoms with van der Waals surface area (Å²) in [4.78, 5) is 0. The molecule has 0 saturated heterocycles. The van der Waals surface area contributed by atoms with Gasteiger partial charge >= 0.3 is 0 Å². The molecule has 0 aromatic heterocycles. The predicted octanol–water partition coefficient (Wildman–Crippen LogP) is 4.64. The molecular formula is C16H18BrNO2. The fraction of sp³-hybridized carbons (Fsp3) is 0.250. The van der Waals surface area contributed by atoms with E-state index in [4.69, 9.17) is 9.47 Å². The molecular weight excluding hydrogens is 318 g/mol. The first-order valence-electron chi connectivity index (χ1n) is 6.38. The van der Waals surface area contributed by atoms with Gasteiger partial charge < -0.3 is 14.8 Å². The molecule has 2 aromatic rings. The molecule has 1 atom stereocenters. The Morgan fingerprint density at radius 1 is 1.00 bits per heavy atom. The Morgan fingerprint density at radius 3 is 2.25 bits per heavy atom. The van der Waals surface area contributed by atoms with Crippen LogP contribution < -0.4 is 14.8 Å². The number of ether oxygens (including phenoxy) is 2. The van der Waals surface area contributed by atoms with Gasteiger partial charge in [0.25, 0.3) is 0 Å². The second-order valence-corrected chi connectivity index (χ2v) is 5.34. The second kappa shape index (κ2) is 6.66. The lowest BCUT2D eigenvalue weighted by Gasteiger charge is -2.17. The van der Waals surface area contributed by atoms with Gasteiger partial charge in [0.15, 0.2) is 0 Å². The maximum Gasteiger partial charge on any atom is 0.133 e. The van der Waals surface area contributed by atoms with E-state index in [1.165, 1.54) is 5.56 Å². The van der Waals surface area contributed by atoms with Crippen molar-refractivity contribution in [2.24, 2.45) is 0 Å². The van der Waals surface area contributed by atoms with Crippen LogP contribution in [0.15, 0.2) is 46.9 Å². The van der Waals surface area contributed by atoms with Gasteiger partial charge in [0.05, 0.1) is 18.7 Å². The molecule has 0 aliphatic carbocycles. The lowest BCUT2D eigenvalue weighted by atomic mass is 10.1. The smallest absolute Gasteiger partial charge is 0.133 e. The van der Waals surface area contributed by atoms with E-state index in [9.17, 15) is 0 Å². The average Bonchev–Trinajstić information content (AvgIpc) is 2.48. The van der Waals surface area contributed by atoms with Crippen LogP contribution in [0.3, 0.4) is 0 Å². The molecule has 3 nitrogen and oxygen atoms in total. The summed E-state index contributed by atoms with van der Waals surface area (Å²) >= 11 is 3.51. The first kappa shape index (κ1) is 14.7. The van der Waals surface area contributed by atoms with Gasteiger partial charge in [-0.2, -0.15) is 0 Å². The predicted molar refractivity (Wildman–Crippen MR) is 85.7 cm³/mol. The van der Waals surface area contributed by atoms with E-state index in [0.717, 1.165) is 21.7 Å². The summed E-state index contributed by atoms with van der Waals surface area (Å²) in [5, 5.41) is 3.46. The maximum absolute atomic E-state index is 5.24. The van der Waals surface area contributed by atoms with Gasteiger partial charge in [-0.3, -0.25) is 0 Å². The number of hydrogen-bond donors (Lipinski definition) is 1. The Labute approximate surface area is 128 Å². The van der Waals surface area contributed by atoms with Gasteiger partial charge in [-0.1, -0.05) is 6.07 Å². The molecule has 2 aromatic carbocycles. The van der Waals surface area contributed by atoms with Gasteiger partial charge in [0.2, 0.25) is 0 Å². The number of halogens is 1. The minimum atomic E-state index is 0.200. The van der Waals surface area contributed by atoms with Crippen LogP contribution in [-0.4, -0.2) is 14.2 Å². The Bertz CT molecular complexity index is 569. The molecule has 4 heteroatoms. The minimum Gasteiger partial charge on any atom is -0.497 e. The van der Waals surface area contributed by atoms with Crippen molar-refractivity contribution in [3.63, 3.8) is 0 Å². The lowest BCUT2D eigenvalue weighted by Crippen LogP contribution is -2.06. The molecule has 106 valence electrons. The van der Waals surface area contributed by atoms with Crippen LogP contribution in [0.4, 0.5) is 5.69 Å². The number of benzene rings is 2. The average molecular weight is 336 g/mol. The number of anilines is 1. The molecule has 0 heterocycles. The van der Waals surface area contributed by atoms with E-state index < -0.39 is 0 Å². The molecule has 1 N–H and O–H groups in total. The first-order valence-corrected chi connectivity index (χ1v) is 7.17. The van der Waals surface area contributed by atoms with Gasteiger partial charge in [0, 0.05) is 11.7 Å². The van der Waals surface area contributed by atoms with Crippen LogP contribution in [0.5, 0.6) is 11.5 Å².